The third-order valence-electron chi connectivity index (χ3n) is 2.20. The summed E-state index contributed by atoms with van der Waals surface area (Å²) in [5, 5.41) is 5.22. The summed E-state index contributed by atoms with van der Waals surface area (Å²) < 4.78 is 0. The average molecular weight is 222 g/mol. The number of primary amides is 1. The number of rotatable bonds is 5. The molecule has 2 N–H and O–H groups in total. The van der Waals surface area contributed by atoms with Gasteiger partial charge in [-0.15, -0.1) is 4.91 Å². The van der Waals surface area contributed by atoms with Gasteiger partial charge < -0.3 is 5.73 Å². The van der Waals surface area contributed by atoms with Gasteiger partial charge in [0.15, 0.2) is 0 Å². The molecule has 0 aliphatic rings. The van der Waals surface area contributed by atoms with E-state index in [-0.39, 0.29) is 6.54 Å². The van der Waals surface area contributed by atoms with Gasteiger partial charge in [-0.3, -0.25) is 9.80 Å². The van der Waals surface area contributed by atoms with Gasteiger partial charge in [0, 0.05) is 7.05 Å². The number of hydrogen-bond acceptors (Lipinski definition) is 4. The Hall–Kier alpha value is -2.11. The molecule has 0 atom stereocenters. The molecule has 86 valence electrons. The smallest absolute Gasteiger partial charge is 0.241 e. The quantitative estimate of drug-likeness (QED) is 0.590. The Balaban J connectivity index is 2.91. The third kappa shape index (κ3) is 2.69. The molecular formula is C10H14N4O2. The van der Waals surface area contributed by atoms with Gasteiger partial charge in [0.25, 0.3) is 0 Å². The monoisotopic (exact) mass is 222 g/mol. The molecule has 16 heavy (non-hydrogen) atoms. The lowest BCUT2D eigenvalue weighted by Crippen LogP contribution is -2.41. The van der Waals surface area contributed by atoms with Gasteiger partial charge in [0.2, 0.25) is 5.91 Å². The molecular weight excluding hydrogens is 208 g/mol. The van der Waals surface area contributed by atoms with E-state index in [0.29, 0.717) is 0 Å². The zero-order chi connectivity index (χ0) is 12.1. The highest BCUT2D eigenvalue weighted by Gasteiger charge is 2.14. The van der Waals surface area contributed by atoms with Crippen molar-refractivity contribution in [2.75, 3.05) is 18.6 Å². The summed E-state index contributed by atoms with van der Waals surface area (Å²) in [6.45, 7) is 1.66. The number of nitroso groups, excluding NO2 is 1. The molecule has 0 heterocycles. The summed E-state index contributed by atoms with van der Waals surface area (Å²) in [7, 11) is 1.65. The number of carbonyl (C=O) groups is 1. The molecule has 1 rings (SSSR count). The fourth-order valence-electron chi connectivity index (χ4n) is 1.38. The predicted molar refractivity (Wildman–Crippen MR) is 61.3 cm³/mol. The first-order chi connectivity index (χ1) is 7.56. The van der Waals surface area contributed by atoms with E-state index in [0.717, 1.165) is 16.4 Å². The van der Waals surface area contributed by atoms with Gasteiger partial charge >= 0.3 is 0 Å². The number of nitrogens with two attached hydrogens (primary N) is 1. The van der Waals surface area contributed by atoms with E-state index in [4.69, 9.17) is 5.73 Å². The molecule has 1 aromatic rings. The maximum atomic E-state index is 10.7. The molecule has 1 aromatic carbocycles. The highest BCUT2D eigenvalue weighted by molar-refractivity contribution is 5.76. The molecule has 6 nitrogen and oxygen atoms in total. The Morgan fingerprint density at radius 2 is 2.06 bits per heavy atom. The Morgan fingerprint density at radius 3 is 2.56 bits per heavy atom. The fourth-order valence-corrected chi connectivity index (χ4v) is 1.38. The Kier molecular flexibility index (Phi) is 3.82. The minimum absolute atomic E-state index is 0.242. The number of amides is 1. The summed E-state index contributed by atoms with van der Waals surface area (Å²) in [5.74, 6) is -0.611. The highest BCUT2D eigenvalue weighted by atomic mass is 16.3. The van der Waals surface area contributed by atoms with Crippen molar-refractivity contribution in [3.05, 3.63) is 34.7 Å². The van der Waals surface area contributed by atoms with E-state index in [2.05, 4.69) is 5.29 Å². The maximum Gasteiger partial charge on any atom is 0.241 e. The second-order valence-corrected chi connectivity index (χ2v) is 3.39. The van der Waals surface area contributed by atoms with Crippen LogP contribution in [0.4, 0.5) is 5.69 Å². The molecule has 0 spiro atoms. The van der Waals surface area contributed by atoms with Crippen LogP contribution in [0.3, 0.4) is 0 Å². The number of benzene rings is 1. The first-order valence-electron chi connectivity index (χ1n) is 4.74. The van der Waals surface area contributed by atoms with Crippen LogP contribution >= 0.6 is 0 Å². The van der Waals surface area contributed by atoms with Crippen LogP contribution in [0.15, 0.2) is 29.6 Å². The molecule has 0 aliphatic heterocycles. The lowest BCUT2D eigenvalue weighted by atomic mass is 10.2. The van der Waals surface area contributed by atoms with Gasteiger partial charge in [0.1, 0.15) is 6.54 Å². The van der Waals surface area contributed by atoms with E-state index in [1.54, 1.807) is 7.05 Å². The molecule has 0 saturated heterocycles. The van der Waals surface area contributed by atoms with Crippen molar-refractivity contribution in [2.45, 2.75) is 6.92 Å². The molecule has 0 unspecified atom stereocenters. The minimum Gasteiger partial charge on any atom is -0.368 e. The van der Waals surface area contributed by atoms with Crippen molar-refractivity contribution < 1.29 is 4.79 Å². The SMILES string of the molecule is Cc1ccccc1N(C)N(CC(N)=O)N=O. The number of para-hydroxylation sites is 1. The van der Waals surface area contributed by atoms with Crippen molar-refractivity contribution in [1.29, 1.82) is 0 Å². The van der Waals surface area contributed by atoms with Crippen LogP contribution in [0.25, 0.3) is 0 Å². The normalized spacial score (nSPS) is 9.62. The van der Waals surface area contributed by atoms with Crippen LogP contribution in [-0.2, 0) is 4.79 Å². The Labute approximate surface area is 93.5 Å². The molecule has 1 amide bonds. The Bertz CT molecular complexity index is 394. The molecule has 0 radical (unpaired) electrons. The minimum atomic E-state index is -0.611. The third-order valence-corrected chi connectivity index (χ3v) is 2.20. The molecule has 6 heteroatoms. The first-order valence-corrected chi connectivity index (χ1v) is 4.74. The number of carbonyl (C=O) groups excluding carboxylic acids is 1. The molecule has 0 fully saturated rings. The van der Waals surface area contributed by atoms with Crippen molar-refractivity contribution in [2.24, 2.45) is 11.0 Å². The second-order valence-electron chi connectivity index (χ2n) is 3.39. The van der Waals surface area contributed by atoms with Crippen LogP contribution in [0.2, 0.25) is 0 Å². The summed E-state index contributed by atoms with van der Waals surface area (Å²) in [5.41, 5.74) is 6.79. The van der Waals surface area contributed by atoms with Crippen LogP contribution in [0.5, 0.6) is 0 Å². The number of anilines is 1. The topological polar surface area (TPSA) is 79.0 Å². The van der Waals surface area contributed by atoms with Gasteiger partial charge in [-0.2, -0.15) is 5.12 Å². The van der Waals surface area contributed by atoms with Crippen LogP contribution in [0.1, 0.15) is 5.56 Å². The van der Waals surface area contributed by atoms with E-state index in [9.17, 15) is 9.70 Å². The number of nitrogens with zero attached hydrogens (tertiary/aromatic N) is 3. The molecule has 0 aliphatic carbocycles. The standard InChI is InChI=1S/C10H14N4O2/c1-8-5-3-4-6-9(8)13(2)14(12-16)7-10(11)15/h3-6H,7H2,1-2H3,(H2,11,15). The Morgan fingerprint density at radius 1 is 1.44 bits per heavy atom. The fraction of sp³-hybridized carbons (Fsp3) is 0.300. The molecule has 0 aromatic heterocycles. The zero-order valence-electron chi connectivity index (χ0n) is 9.25. The second kappa shape index (κ2) is 5.11. The van der Waals surface area contributed by atoms with Gasteiger partial charge in [-0.05, 0) is 18.6 Å². The van der Waals surface area contributed by atoms with Gasteiger partial charge in [-0.1, -0.05) is 18.2 Å². The summed E-state index contributed by atoms with van der Waals surface area (Å²) in [4.78, 5) is 21.3. The van der Waals surface area contributed by atoms with Gasteiger partial charge in [0.05, 0.1) is 11.0 Å². The molecule has 0 saturated carbocycles. The van der Waals surface area contributed by atoms with Crippen LogP contribution in [0, 0.1) is 11.8 Å². The van der Waals surface area contributed by atoms with Crippen LogP contribution < -0.4 is 10.7 Å². The van der Waals surface area contributed by atoms with E-state index < -0.39 is 5.91 Å². The maximum absolute atomic E-state index is 10.7. The predicted octanol–water partition coefficient (Wildman–Crippen LogP) is 0.815. The largest absolute Gasteiger partial charge is 0.368 e. The summed E-state index contributed by atoms with van der Waals surface area (Å²) in [6, 6.07) is 7.46. The summed E-state index contributed by atoms with van der Waals surface area (Å²) >= 11 is 0. The molecule has 0 bridgehead atoms. The lowest BCUT2D eigenvalue weighted by Gasteiger charge is -2.28. The summed E-state index contributed by atoms with van der Waals surface area (Å²) in [6.07, 6.45) is 0. The van der Waals surface area contributed by atoms with E-state index in [1.807, 2.05) is 31.2 Å². The van der Waals surface area contributed by atoms with Crippen molar-refractivity contribution >= 4 is 11.6 Å². The number of hydrazine groups is 1. The van der Waals surface area contributed by atoms with E-state index >= 15 is 0 Å². The number of hydrogen-bond donors (Lipinski definition) is 1. The average Bonchev–Trinajstić information content (AvgIpc) is 2.25. The van der Waals surface area contributed by atoms with E-state index in [1.165, 1.54) is 5.01 Å². The highest BCUT2D eigenvalue weighted by Crippen LogP contribution is 2.19. The number of aryl methyl sites for hydroxylation is 1. The van der Waals surface area contributed by atoms with Gasteiger partial charge in [-0.25, -0.2) is 0 Å². The zero-order valence-corrected chi connectivity index (χ0v) is 9.25. The van der Waals surface area contributed by atoms with Crippen molar-refractivity contribution in [3.8, 4) is 0 Å². The van der Waals surface area contributed by atoms with Crippen LogP contribution in [-0.4, -0.2) is 24.6 Å². The lowest BCUT2D eigenvalue weighted by molar-refractivity contribution is -0.119. The van der Waals surface area contributed by atoms with Crippen molar-refractivity contribution in [3.63, 3.8) is 0 Å². The first kappa shape index (κ1) is 12.0. The van der Waals surface area contributed by atoms with Crippen molar-refractivity contribution in [1.82, 2.24) is 5.12 Å².